The number of fused-ring (bicyclic) bond motifs is 1. The Kier molecular flexibility index (Phi) is 16.3. The average Bonchev–Trinajstić information content (AvgIpc) is 3.28. The van der Waals surface area contributed by atoms with Crippen LogP contribution in [0.1, 0.15) is 110 Å². The lowest BCUT2D eigenvalue weighted by Gasteiger charge is -2.11. The molecular weight excluding hydrogens is 477 g/mol. The summed E-state index contributed by atoms with van der Waals surface area (Å²) in [6.07, 6.45) is 22.6. The Hall–Kier alpha value is -1.83. The fourth-order valence-electron chi connectivity index (χ4n) is 4.20. The topological polar surface area (TPSA) is 125 Å². The third kappa shape index (κ3) is 12.9. The van der Waals surface area contributed by atoms with E-state index >= 15 is 0 Å². The van der Waals surface area contributed by atoms with Crippen LogP contribution >= 0.6 is 8.38 Å². The first-order valence-electron chi connectivity index (χ1n) is 13.8. The molecule has 0 radical (unpaired) electrons. The smallest absolute Gasteiger partial charge is 0.310 e. The maximum absolute atomic E-state index is 11.9. The third-order valence-electron chi connectivity index (χ3n) is 6.30. The molecule has 0 amide bonds. The van der Waals surface area contributed by atoms with Crippen LogP contribution in [0.3, 0.4) is 0 Å². The molecule has 0 saturated carbocycles. The van der Waals surface area contributed by atoms with Crippen molar-refractivity contribution in [1.82, 2.24) is 19.5 Å². The fourth-order valence-corrected chi connectivity index (χ4v) is 4.86. The molecule has 0 aromatic carbocycles. The van der Waals surface area contributed by atoms with Crippen molar-refractivity contribution < 1.29 is 18.9 Å². The molecule has 36 heavy (non-hydrogen) atoms. The molecular formula is C26H46N5O4P. The molecule has 2 aromatic rings. The van der Waals surface area contributed by atoms with Crippen molar-refractivity contribution in [2.45, 2.75) is 116 Å². The zero-order chi connectivity index (χ0) is 25.8. The number of hydrogen-bond donors (Lipinski definition) is 2. The van der Waals surface area contributed by atoms with Crippen molar-refractivity contribution in [2.75, 3.05) is 18.7 Å². The largest absolute Gasteiger partial charge is 0.415 e. The van der Waals surface area contributed by atoms with Gasteiger partial charge in [-0.25, -0.2) is 15.0 Å². The van der Waals surface area contributed by atoms with Crippen molar-refractivity contribution >= 4 is 31.3 Å². The molecule has 1 unspecified atom stereocenters. The number of nitrogens with zero attached hydrogens (tertiary/aromatic N) is 4. The summed E-state index contributed by atoms with van der Waals surface area (Å²) in [5, 5.41) is 0. The Bertz CT molecular complexity index is 851. The van der Waals surface area contributed by atoms with Crippen LogP contribution in [0.2, 0.25) is 0 Å². The molecule has 2 heterocycles. The second-order valence-corrected chi connectivity index (χ2v) is 10.6. The van der Waals surface area contributed by atoms with Crippen LogP contribution in [0.4, 0.5) is 5.82 Å². The maximum Gasteiger partial charge on any atom is 0.310 e. The molecule has 0 bridgehead atoms. The Labute approximate surface area is 217 Å². The lowest BCUT2D eigenvalue weighted by Crippen LogP contribution is -2.08. The van der Waals surface area contributed by atoms with E-state index in [1.807, 2.05) is 0 Å². The zero-order valence-electron chi connectivity index (χ0n) is 22.1. The number of imidazole rings is 1. The minimum absolute atomic E-state index is 0.0102. The van der Waals surface area contributed by atoms with Crippen molar-refractivity contribution in [2.24, 2.45) is 0 Å². The van der Waals surface area contributed by atoms with Crippen molar-refractivity contribution in [3.63, 3.8) is 0 Å². The predicted molar refractivity (Wildman–Crippen MR) is 145 cm³/mol. The molecule has 0 aliphatic rings. The summed E-state index contributed by atoms with van der Waals surface area (Å²) < 4.78 is 12.4. The van der Waals surface area contributed by atoms with E-state index in [1.54, 1.807) is 10.9 Å². The average molecular weight is 524 g/mol. The molecule has 10 heteroatoms. The van der Waals surface area contributed by atoms with E-state index in [9.17, 15) is 9.69 Å². The molecule has 204 valence electrons. The standard InChI is InChI=1S/C26H46N5O4P/c1-2-3-4-5-6-7-8-9-10-11-12-13-14-15-16-17-23(32)35-36(33)22-34-19-18-31-21-30-24-25(27)28-20-29-26(24)31/h20-21,33H,2-19,22H2,1H3,(H2,27,28,29). The van der Waals surface area contributed by atoms with E-state index in [4.69, 9.17) is 15.0 Å². The Morgan fingerprint density at radius 3 is 2.11 bits per heavy atom. The van der Waals surface area contributed by atoms with Crippen LogP contribution in [-0.4, -0.2) is 43.3 Å². The van der Waals surface area contributed by atoms with E-state index in [0.717, 1.165) is 19.3 Å². The van der Waals surface area contributed by atoms with E-state index < -0.39 is 8.38 Å². The molecule has 0 aliphatic heterocycles. The van der Waals surface area contributed by atoms with Gasteiger partial charge < -0.3 is 24.5 Å². The van der Waals surface area contributed by atoms with Gasteiger partial charge >= 0.3 is 5.97 Å². The number of rotatable bonds is 22. The number of carbonyl (C=O) groups is 1. The zero-order valence-corrected chi connectivity index (χ0v) is 23.0. The van der Waals surface area contributed by atoms with Gasteiger partial charge in [0.05, 0.1) is 12.9 Å². The summed E-state index contributed by atoms with van der Waals surface area (Å²) in [5.41, 5.74) is 6.96. The second-order valence-electron chi connectivity index (χ2n) is 9.42. The summed E-state index contributed by atoms with van der Waals surface area (Å²) in [6, 6.07) is 0. The van der Waals surface area contributed by atoms with Crippen LogP contribution in [0.5, 0.6) is 0 Å². The van der Waals surface area contributed by atoms with Gasteiger partial charge in [-0.15, -0.1) is 0 Å². The van der Waals surface area contributed by atoms with E-state index in [1.165, 1.54) is 83.4 Å². The van der Waals surface area contributed by atoms with E-state index in [2.05, 4.69) is 21.9 Å². The highest BCUT2D eigenvalue weighted by Crippen LogP contribution is 2.32. The van der Waals surface area contributed by atoms with Crippen LogP contribution < -0.4 is 5.73 Å². The number of hydrogen-bond acceptors (Lipinski definition) is 8. The number of unbranched alkanes of at least 4 members (excludes halogenated alkanes) is 14. The first kappa shape index (κ1) is 30.4. The van der Waals surface area contributed by atoms with Gasteiger partial charge in [-0.3, -0.25) is 4.79 Å². The number of ether oxygens (including phenoxy) is 1. The number of anilines is 1. The maximum atomic E-state index is 11.9. The summed E-state index contributed by atoms with van der Waals surface area (Å²) >= 11 is 0. The van der Waals surface area contributed by atoms with Crippen LogP contribution in [0.15, 0.2) is 12.7 Å². The fraction of sp³-hybridized carbons (Fsp3) is 0.769. The highest BCUT2D eigenvalue weighted by molar-refractivity contribution is 7.46. The molecule has 0 spiro atoms. The van der Waals surface area contributed by atoms with Crippen molar-refractivity contribution in [3.8, 4) is 0 Å². The number of carbonyl (C=O) groups excluding carboxylic acids is 1. The third-order valence-corrected chi connectivity index (χ3v) is 7.12. The predicted octanol–water partition coefficient (Wildman–Crippen LogP) is 6.49. The monoisotopic (exact) mass is 523 g/mol. The summed E-state index contributed by atoms with van der Waals surface area (Å²) in [7, 11) is -1.91. The Balaban J connectivity index is 1.37. The van der Waals surface area contributed by atoms with Gasteiger partial charge in [0.2, 0.25) is 0 Å². The van der Waals surface area contributed by atoms with Gasteiger partial charge in [0.25, 0.3) is 8.38 Å². The number of nitrogen functional groups attached to an aromatic ring is 1. The summed E-state index contributed by atoms with van der Waals surface area (Å²) in [6.45, 7) is 3.08. The van der Waals surface area contributed by atoms with Crippen LogP contribution in [-0.2, 0) is 20.6 Å². The second kappa shape index (κ2) is 19.3. The molecule has 0 fully saturated rings. The summed E-state index contributed by atoms with van der Waals surface area (Å²) in [4.78, 5) is 34.2. The van der Waals surface area contributed by atoms with Gasteiger partial charge in [0.1, 0.15) is 18.2 Å². The molecule has 3 N–H and O–H groups in total. The Morgan fingerprint density at radius 2 is 1.50 bits per heavy atom. The Morgan fingerprint density at radius 1 is 0.917 bits per heavy atom. The van der Waals surface area contributed by atoms with Gasteiger partial charge in [0, 0.05) is 13.0 Å². The van der Waals surface area contributed by atoms with Gasteiger partial charge in [-0.2, -0.15) is 0 Å². The lowest BCUT2D eigenvalue weighted by atomic mass is 10.0. The van der Waals surface area contributed by atoms with Crippen LogP contribution in [0, 0.1) is 0 Å². The first-order valence-corrected chi connectivity index (χ1v) is 15.2. The quantitative estimate of drug-likeness (QED) is 0.132. The van der Waals surface area contributed by atoms with Crippen molar-refractivity contribution in [3.05, 3.63) is 12.7 Å². The van der Waals surface area contributed by atoms with Gasteiger partial charge in [-0.05, 0) is 6.42 Å². The van der Waals surface area contributed by atoms with E-state index in [0.29, 0.717) is 36.6 Å². The summed E-state index contributed by atoms with van der Waals surface area (Å²) in [5.74, 6) is -0.0192. The minimum Gasteiger partial charge on any atom is -0.415 e. The highest BCUT2D eigenvalue weighted by atomic mass is 31.2. The molecule has 9 nitrogen and oxygen atoms in total. The molecule has 1 atom stereocenters. The normalized spacial score (nSPS) is 12.3. The minimum atomic E-state index is -1.91. The lowest BCUT2D eigenvalue weighted by molar-refractivity contribution is -0.134. The molecule has 2 aromatic heterocycles. The SMILES string of the molecule is CCCCCCCCCCCCCCCCCC(=O)OP(O)COCCn1cnc2c(N)ncnc21. The highest BCUT2D eigenvalue weighted by Gasteiger charge is 2.13. The molecule has 2 rings (SSSR count). The molecule has 0 aliphatic carbocycles. The van der Waals surface area contributed by atoms with Gasteiger partial charge in [0.15, 0.2) is 11.5 Å². The van der Waals surface area contributed by atoms with E-state index in [-0.39, 0.29) is 12.3 Å². The van der Waals surface area contributed by atoms with Crippen LogP contribution in [0.25, 0.3) is 11.2 Å². The number of nitrogens with two attached hydrogens (primary N) is 1. The van der Waals surface area contributed by atoms with Gasteiger partial charge in [-0.1, -0.05) is 96.8 Å². The van der Waals surface area contributed by atoms with Crippen molar-refractivity contribution in [1.29, 1.82) is 0 Å². The molecule has 0 saturated heterocycles. The first-order chi connectivity index (χ1) is 17.6. The number of aromatic nitrogens is 4.